The number of aromatic nitrogens is 1. The monoisotopic (exact) mass is 357 g/mol. The van der Waals surface area contributed by atoms with E-state index in [-0.39, 0.29) is 23.7 Å². The van der Waals surface area contributed by atoms with Gasteiger partial charge >= 0.3 is 0 Å². The Bertz CT molecular complexity index is 679. The predicted molar refractivity (Wildman–Crippen MR) is 95.9 cm³/mol. The summed E-state index contributed by atoms with van der Waals surface area (Å²) < 4.78 is 0. The minimum atomic E-state index is -0.754. The Hall–Kier alpha value is -1.95. The van der Waals surface area contributed by atoms with E-state index in [1.807, 2.05) is 28.1 Å². The number of aliphatic hydroxyl groups is 1. The van der Waals surface area contributed by atoms with Crippen molar-refractivity contribution in [2.75, 3.05) is 19.6 Å². The Morgan fingerprint density at radius 3 is 2.62 bits per heavy atom. The lowest BCUT2D eigenvalue weighted by Gasteiger charge is -2.41. The quantitative estimate of drug-likeness (QED) is 0.891. The Labute approximate surface area is 154 Å². The van der Waals surface area contributed by atoms with E-state index >= 15 is 0 Å². The van der Waals surface area contributed by atoms with E-state index in [0.717, 1.165) is 44.2 Å². The van der Waals surface area contributed by atoms with Gasteiger partial charge in [-0.15, -0.1) is 0 Å². The largest absolute Gasteiger partial charge is 0.389 e. The highest BCUT2D eigenvalue weighted by Crippen LogP contribution is 2.42. The molecule has 1 aliphatic carbocycles. The molecule has 3 fully saturated rings. The molecule has 4 rings (SSSR count). The van der Waals surface area contributed by atoms with Gasteiger partial charge in [0.05, 0.1) is 12.0 Å². The Kier molecular flexibility index (Phi) is 4.47. The number of amides is 2. The lowest BCUT2D eigenvalue weighted by molar-refractivity contribution is -0.142. The zero-order valence-corrected chi connectivity index (χ0v) is 15.2. The molecule has 3 aliphatic rings. The predicted octanol–water partition coefficient (Wildman–Crippen LogP) is 1.73. The minimum absolute atomic E-state index is 0.00342. The van der Waals surface area contributed by atoms with E-state index < -0.39 is 5.60 Å². The maximum Gasteiger partial charge on any atom is 0.225 e. The van der Waals surface area contributed by atoms with Crippen LogP contribution in [0, 0.1) is 5.41 Å². The maximum absolute atomic E-state index is 12.5. The summed E-state index contributed by atoms with van der Waals surface area (Å²) in [5.41, 5.74) is 0.304. The fourth-order valence-electron chi connectivity index (χ4n) is 4.56. The minimum Gasteiger partial charge on any atom is -0.389 e. The van der Waals surface area contributed by atoms with Crippen LogP contribution in [0.3, 0.4) is 0 Å². The molecule has 6 nitrogen and oxygen atoms in total. The SMILES string of the molecule is O=C(CC1(O)CCC1)N1CCC2(CC1)CC(=O)N(Cc1cccnc1)C2. The van der Waals surface area contributed by atoms with Crippen LogP contribution in [0.4, 0.5) is 0 Å². The number of hydrogen-bond donors (Lipinski definition) is 1. The lowest BCUT2D eigenvalue weighted by Crippen LogP contribution is -2.48. The first-order chi connectivity index (χ1) is 12.5. The van der Waals surface area contributed by atoms with Crippen LogP contribution >= 0.6 is 0 Å². The van der Waals surface area contributed by atoms with E-state index in [1.54, 1.807) is 6.20 Å². The standard InChI is InChI=1S/C20H27N3O3/c24-17-11-19(15-23(17)14-16-3-1-8-21-13-16)6-9-22(10-7-19)18(25)12-20(26)4-2-5-20/h1,3,8,13,26H,2,4-7,9-12,14-15H2. The smallest absolute Gasteiger partial charge is 0.225 e. The third-order valence-electron chi connectivity index (χ3n) is 6.44. The molecule has 2 saturated heterocycles. The third kappa shape index (κ3) is 3.47. The second-order valence-corrected chi connectivity index (χ2v) is 8.42. The van der Waals surface area contributed by atoms with Gasteiger partial charge < -0.3 is 14.9 Å². The molecule has 1 N–H and O–H groups in total. The van der Waals surface area contributed by atoms with Gasteiger partial charge in [0.1, 0.15) is 0 Å². The van der Waals surface area contributed by atoms with Crippen molar-refractivity contribution in [2.45, 2.75) is 57.1 Å². The molecule has 0 radical (unpaired) electrons. The summed E-state index contributed by atoms with van der Waals surface area (Å²) in [6.45, 7) is 2.78. The number of rotatable bonds is 4. The number of hydrogen-bond acceptors (Lipinski definition) is 4. The van der Waals surface area contributed by atoms with Gasteiger partial charge in [-0.3, -0.25) is 14.6 Å². The molecule has 140 valence electrons. The summed E-state index contributed by atoms with van der Waals surface area (Å²) in [4.78, 5) is 32.9. The molecule has 6 heteroatoms. The average Bonchev–Trinajstić information content (AvgIpc) is 2.90. The Morgan fingerprint density at radius 2 is 2.00 bits per heavy atom. The summed E-state index contributed by atoms with van der Waals surface area (Å²) in [7, 11) is 0. The zero-order valence-electron chi connectivity index (χ0n) is 15.2. The van der Waals surface area contributed by atoms with Crippen molar-refractivity contribution >= 4 is 11.8 Å². The van der Waals surface area contributed by atoms with E-state index in [0.29, 0.717) is 26.1 Å². The van der Waals surface area contributed by atoms with E-state index in [9.17, 15) is 14.7 Å². The maximum atomic E-state index is 12.5. The fourth-order valence-corrected chi connectivity index (χ4v) is 4.56. The van der Waals surface area contributed by atoms with Crippen LogP contribution in [0.15, 0.2) is 24.5 Å². The first-order valence-corrected chi connectivity index (χ1v) is 9.64. The Balaban J connectivity index is 1.32. The van der Waals surface area contributed by atoms with Gasteiger partial charge in [-0.25, -0.2) is 0 Å². The van der Waals surface area contributed by atoms with Gasteiger partial charge in [-0.1, -0.05) is 6.07 Å². The Morgan fingerprint density at radius 1 is 1.23 bits per heavy atom. The van der Waals surface area contributed by atoms with Crippen LogP contribution in [0.25, 0.3) is 0 Å². The van der Waals surface area contributed by atoms with E-state index in [1.165, 1.54) is 0 Å². The summed E-state index contributed by atoms with van der Waals surface area (Å²) in [6.07, 6.45) is 8.63. The fraction of sp³-hybridized carbons (Fsp3) is 0.650. The molecule has 1 saturated carbocycles. The summed E-state index contributed by atoms with van der Waals surface area (Å²) in [5.74, 6) is 0.274. The second-order valence-electron chi connectivity index (χ2n) is 8.42. The highest BCUT2D eigenvalue weighted by atomic mass is 16.3. The molecule has 0 aromatic carbocycles. The molecule has 26 heavy (non-hydrogen) atoms. The molecule has 0 unspecified atom stereocenters. The summed E-state index contributed by atoms with van der Waals surface area (Å²) >= 11 is 0. The molecule has 2 aliphatic heterocycles. The molecule has 0 atom stereocenters. The first kappa shape index (κ1) is 17.5. The van der Waals surface area contributed by atoms with Crippen molar-refractivity contribution < 1.29 is 14.7 Å². The lowest BCUT2D eigenvalue weighted by atomic mass is 9.76. The number of pyridine rings is 1. The molecular weight excluding hydrogens is 330 g/mol. The van der Waals surface area contributed by atoms with Gasteiger partial charge in [0.25, 0.3) is 0 Å². The van der Waals surface area contributed by atoms with E-state index in [4.69, 9.17) is 0 Å². The molecule has 0 bridgehead atoms. The first-order valence-electron chi connectivity index (χ1n) is 9.64. The van der Waals surface area contributed by atoms with Crippen molar-refractivity contribution in [3.8, 4) is 0 Å². The number of nitrogens with zero attached hydrogens (tertiary/aromatic N) is 3. The van der Waals surface area contributed by atoms with E-state index in [2.05, 4.69) is 4.98 Å². The van der Waals surface area contributed by atoms with Crippen molar-refractivity contribution in [3.05, 3.63) is 30.1 Å². The number of piperidine rings is 1. The topological polar surface area (TPSA) is 73.7 Å². The number of carbonyl (C=O) groups excluding carboxylic acids is 2. The highest BCUT2D eigenvalue weighted by molar-refractivity contribution is 5.80. The number of carbonyl (C=O) groups is 2. The molecule has 1 aromatic heterocycles. The van der Waals surface area contributed by atoms with Gasteiger partial charge in [-0.2, -0.15) is 0 Å². The molecule has 1 aromatic rings. The van der Waals surface area contributed by atoms with Crippen LogP contribution < -0.4 is 0 Å². The van der Waals surface area contributed by atoms with Crippen molar-refractivity contribution in [1.82, 2.24) is 14.8 Å². The molecule has 2 amide bonds. The average molecular weight is 357 g/mol. The third-order valence-corrected chi connectivity index (χ3v) is 6.44. The van der Waals surface area contributed by atoms with Gasteiger partial charge in [0, 0.05) is 50.4 Å². The van der Waals surface area contributed by atoms with Crippen molar-refractivity contribution in [2.24, 2.45) is 5.41 Å². The second kappa shape index (κ2) is 6.65. The highest BCUT2D eigenvalue weighted by Gasteiger charge is 2.46. The number of likely N-dealkylation sites (tertiary alicyclic amines) is 2. The normalized spacial score (nSPS) is 24.0. The molecule has 1 spiro atoms. The van der Waals surface area contributed by atoms with Crippen LogP contribution in [-0.4, -0.2) is 56.9 Å². The van der Waals surface area contributed by atoms with Crippen LogP contribution in [0.5, 0.6) is 0 Å². The van der Waals surface area contributed by atoms with Crippen LogP contribution in [0.1, 0.15) is 50.5 Å². The summed E-state index contributed by atoms with van der Waals surface area (Å²) in [5, 5.41) is 10.2. The molecule has 3 heterocycles. The van der Waals surface area contributed by atoms with Gasteiger partial charge in [0.15, 0.2) is 0 Å². The zero-order chi connectivity index (χ0) is 18.2. The van der Waals surface area contributed by atoms with Gasteiger partial charge in [-0.05, 0) is 43.7 Å². The summed E-state index contributed by atoms with van der Waals surface area (Å²) in [6, 6.07) is 3.89. The van der Waals surface area contributed by atoms with Crippen LogP contribution in [-0.2, 0) is 16.1 Å². The molecular formula is C20H27N3O3. The van der Waals surface area contributed by atoms with Crippen LogP contribution in [0.2, 0.25) is 0 Å². The van der Waals surface area contributed by atoms with Gasteiger partial charge in [0.2, 0.25) is 11.8 Å². The van der Waals surface area contributed by atoms with Crippen molar-refractivity contribution in [1.29, 1.82) is 0 Å². The van der Waals surface area contributed by atoms with Crippen molar-refractivity contribution in [3.63, 3.8) is 0 Å².